The van der Waals surface area contributed by atoms with E-state index in [1.54, 1.807) is 12.4 Å². The first-order chi connectivity index (χ1) is 14.6. The van der Waals surface area contributed by atoms with Gasteiger partial charge in [-0.05, 0) is 44.5 Å². The van der Waals surface area contributed by atoms with Crippen molar-refractivity contribution < 1.29 is 4.74 Å². The van der Waals surface area contributed by atoms with E-state index in [0.717, 1.165) is 46.1 Å². The first-order valence-electron chi connectivity index (χ1n) is 10.3. The van der Waals surface area contributed by atoms with E-state index in [1.807, 2.05) is 36.6 Å². The zero-order chi connectivity index (χ0) is 21.1. The summed E-state index contributed by atoms with van der Waals surface area (Å²) in [6.45, 7) is 9.47. The van der Waals surface area contributed by atoms with E-state index >= 15 is 0 Å². The lowest BCUT2D eigenvalue weighted by molar-refractivity contribution is 0.328. The molecule has 4 heterocycles. The van der Waals surface area contributed by atoms with Gasteiger partial charge in [-0.2, -0.15) is 10.2 Å². The number of hydrogen-bond donors (Lipinski definition) is 2. The van der Waals surface area contributed by atoms with Crippen LogP contribution in [0.15, 0.2) is 36.7 Å². The molecule has 0 saturated heterocycles. The number of anilines is 1. The number of ether oxygens (including phenoxy) is 1. The second-order valence-corrected chi connectivity index (χ2v) is 7.28. The van der Waals surface area contributed by atoms with Crippen LogP contribution in [-0.2, 0) is 6.54 Å². The number of aromatic amines is 1. The van der Waals surface area contributed by atoms with Crippen molar-refractivity contribution in [3.63, 3.8) is 0 Å². The average Bonchev–Trinajstić information content (AvgIpc) is 3.40. The molecule has 0 fully saturated rings. The SMILES string of the molecule is CCOc1ncccc1-c1cc(NCc2ccn[nH]2)c2c(C(C)CC)nc(C)n2n1. The van der Waals surface area contributed by atoms with Gasteiger partial charge in [0.1, 0.15) is 11.3 Å². The predicted molar refractivity (Wildman–Crippen MR) is 117 cm³/mol. The first-order valence-corrected chi connectivity index (χ1v) is 10.3. The summed E-state index contributed by atoms with van der Waals surface area (Å²) >= 11 is 0. The Balaban J connectivity index is 1.88. The van der Waals surface area contributed by atoms with Gasteiger partial charge in [-0.15, -0.1) is 0 Å². The van der Waals surface area contributed by atoms with Crippen molar-refractivity contribution in [3.05, 3.63) is 53.9 Å². The minimum Gasteiger partial charge on any atom is -0.477 e. The molecule has 0 aliphatic carbocycles. The Hall–Kier alpha value is -3.42. The highest BCUT2D eigenvalue weighted by Gasteiger charge is 2.20. The second-order valence-electron chi connectivity index (χ2n) is 7.28. The third-order valence-corrected chi connectivity index (χ3v) is 5.22. The lowest BCUT2D eigenvalue weighted by Crippen LogP contribution is -2.07. The minimum absolute atomic E-state index is 0.325. The van der Waals surface area contributed by atoms with Crippen molar-refractivity contribution in [2.24, 2.45) is 0 Å². The van der Waals surface area contributed by atoms with E-state index in [0.29, 0.717) is 24.9 Å². The standard InChI is InChI=1S/C22H27N7O/c1-5-14(3)20-21-19(24-13-16-9-11-25-27-16)12-18(28-29(21)15(4)26-20)17-8-7-10-23-22(17)30-6-2/h7-12,14,24H,5-6,13H2,1-4H3,(H,25,27). The highest BCUT2D eigenvalue weighted by Crippen LogP contribution is 2.34. The quantitative estimate of drug-likeness (QED) is 0.453. The van der Waals surface area contributed by atoms with Crippen LogP contribution < -0.4 is 10.1 Å². The highest BCUT2D eigenvalue weighted by molar-refractivity contribution is 5.80. The lowest BCUT2D eigenvalue weighted by atomic mass is 10.0. The Labute approximate surface area is 175 Å². The van der Waals surface area contributed by atoms with Crippen LogP contribution in [-0.4, -0.2) is 36.4 Å². The maximum absolute atomic E-state index is 5.74. The van der Waals surface area contributed by atoms with E-state index in [-0.39, 0.29) is 0 Å². The molecular formula is C22H27N7O. The van der Waals surface area contributed by atoms with E-state index in [4.69, 9.17) is 14.8 Å². The zero-order valence-corrected chi connectivity index (χ0v) is 17.8. The number of pyridine rings is 1. The summed E-state index contributed by atoms with van der Waals surface area (Å²) in [5, 5.41) is 15.5. The Morgan fingerprint density at radius 1 is 1.23 bits per heavy atom. The summed E-state index contributed by atoms with van der Waals surface area (Å²) < 4.78 is 7.67. The number of rotatable bonds is 8. The summed E-state index contributed by atoms with van der Waals surface area (Å²) in [5.74, 6) is 1.76. The fraction of sp³-hybridized carbons (Fsp3) is 0.364. The molecule has 1 unspecified atom stereocenters. The summed E-state index contributed by atoms with van der Waals surface area (Å²) in [6.07, 6.45) is 4.49. The Morgan fingerprint density at radius 2 is 2.10 bits per heavy atom. The number of fused-ring (bicyclic) bond motifs is 1. The number of aromatic nitrogens is 6. The Kier molecular flexibility index (Phi) is 5.65. The zero-order valence-electron chi connectivity index (χ0n) is 17.8. The summed E-state index contributed by atoms with van der Waals surface area (Å²) in [5.41, 5.74) is 5.66. The van der Waals surface area contributed by atoms with Crippen LogP contribution in [0.5, 0.6) is 5.88 Å². The van der Waals surface area contributed by atoms with Gasteiger partial charge >= 0.3 is 0 Å². The monoisotopic (exact) mass is 405 g/mol. The summed E-state index contributed by atoms with van der Waals surface area (Å²) in [6, 6.07) is 7.88. The largest absolute Gasteiger partial charge is 0.477 e. The molecule has 8 nitrogen and oxygen atoms in total. The van der Waals surface area contributed by atoms with Gasteiger partial charge in [-0.1, -0.05) is 13.8 Å². The molecule has 0 radical (unpaired) electrons. The lowest BCUT2D eigenvalue weighted by Gasteiger charge is -2.14. The topological polar surface area (TPSA) is 93.0 Å². The number of imidazole rings is 1. The number of nitrogens with zero attached hydrogens (tertiary/aromatic N) is 5. The van der Waals surface area contributed by atoms with E-state index in [2.05, 4.69) is 40.4 Å². The van der Waals surface area contributed by atoms with Crippen molar-refractivity contribution in [1.82, 2.24) is 29.8 Å². The fourth-order valence-electron chi connectivity index (χ4n) is 3.48. The molecule has 0 spiro atoms. The van der Waals surface area contributed by atoms with Gasteiger partial charge in [0.25, 0.3) is 0 Å². The third kappa shape index (κ3) is 3.72. The molecule has 2 N–H and O–H groups in total. The van der Waals surface area contributed by atoms with E-state index in [9.17, 15) is 0 Å². The number of hydrogen-bond acceptors (Lipinski definition) is 6. The fourth-order valence-corrected chi connectivity index (χ4v) is 3.48. The molecule has 0 amide bonds. The molecular weight excluding hydrogens is 378 g/mol. The van der Waals surface area contributed by atoms with Crippen LogP contribution in [0.1, 0.15) is 50.3 Å². The Bertz CT molecular complexity index is 1130. The molecule has 156 valence electrons. The molecule has 4 aromatic rings. The maximum atomic E-state index is 5.74. The van der Waals surface area contributed by atoms with E-state index < -0.39 is 0 Å². The van der Waals surface area contributed by atoms with Crippen molar-refractivity contribution in [2.45, 2.75) is 46.6 Å². The van der Waals surface area contributed by atoms with Crippen LogP contribution in [0.4, 0.5) is 5.69 Å². The highest BCUT2D eigenvalue weighted by atomic mass is 16.5. The van der Waals surface area contributed by atoms with Crippen LogP contribution in [0.3, 0.4) is 0 Å². The molecule has 4 rings (SSSR count). The van der Waals surface area contributed by atoms with Crippen LogP contribution >= 0.6 is 0 Å². The normalized spacial score (nSPS) is 12.3. The van der Waals surface area contributed by atoms with Crippen molar-refractivity contribution >= 4 is 11.2 Å². The molecule has 30 heavy (non-hydrogen) atoms. The summed E-state index contributed by atoms with van der Waals surface area (Å²) in [4.78, 5) is 9.24. The van der Waals surface area contributed by atoms with Gasteiger partial charge in [0, 0.05) is 18.3 Å². The number of H-pyrrole nitrogens is 1. The molecule has 0 saturated carbocycles. The minimum atomic E-state index is 0.325. The third-order valence-electron chi connectivity index (χ3n) is 5.22. The van der Waals surface area contributed by atoms with Gasteiger partial charge in [-0.3, -0.25) is 5.10 Å². The van der Waals surface area contributed by atoms with Gasteiger partial charge in [0.15, 0.2) is 0 Å². The van der Waals surface area contributed by atoms with E-state index in [1.165, 1.54) is 0 Å². The molecule has 0 aliphatic rings. The molecule has 0 aliphatic heterocycles. The Morgan fingerprint density at radius 3 is 2.83 bits per heavy atom. The van der Waals surface area contributed by atoms with Gasteiger partial charge < -0.3 is 10.1 Å². The molecule has 0 aromatic carbocycles. The van der Waals surface area contributed by atoms with Crippen molar-refractivity contribution in [3.8, 4) is 17.1 Å². The first kappa shape index (κ1) is 19.9. The van der Waals surface area contributed by atoms with Gasteiger partial charge in [0.05, 0.1) is 41.5 Å². The average molecular weight is 406 g/mol. The van der Waals surface area contributed by atoms with Crippen molar-refractivity contribution in [1.29, 1.82) is 0 Å². The van der Waals surface area contributed by atoms with Crippen molar-refractivity contribution in [2.75, 3.05) is 11.9 Å². The maximum Gasteiger partial charge on any atom is 0.222 e. The van der Waals surface area contributed by atoms with Gasteiger partial charge in [-0.25, -0.2) is 14.5 Å². The van der Waals surface area contributed by atoms with Gasteiger partial charge in [0.2, 0.25) is 5.88 Å². The molecule has 0 bridgehead atoms. The second kappa shape index (κ2) is 8.52. The number of aryl methyl sites for hydroxylation is 1. The van der Waals surface area contributed by atoms with Crippen LogP contribution in [0.2, 0.25) is 0 Å². The smallest absolute Gasteiger partial charge is 0.222 e. The molecule has 4 aromatic heterocycles. The summed E-state index contributed by atoms with van der Waals surface area (Å²) in [7, 11) is 0. The number of nitrogens with one attached hydrogen (secondary N) is 2. The molecule has 1 atom stereocenters. The van der Waals surface area contributed by atoms with Crippen LogP contribution in [0, 0.1) is 6.92 Å². The predicted octanol–water partition coefficient (Wildman–Crippen LogP) is 4.35. The molecule has 8 heteroatoms. The van der Waals surface area contributed by atoms with Crippen LogP contribution in [0.25, 0.3) is 16.8 Å².